The van der Waals surface area contributed by atoms with Crippen LogP contribution in [0.25, 0.3) is 10.8 Å². The number of nitrogens with two attached hydrogens (primary N) is 1. The molecule has 0 saturated carbocycles. The van der Waals surface area contributed by atoms with Crippen molar-refractivity contribution < 1.29 is 22.6 Å². The summed E-state index contributed by atoms with van der Waals surface area (Å²) in [4.78, 5) is 0. The number of hydrogen-bond acceptors (Lipinski definition) is 3. The monoisotopic (exact) mass is 299 g/mol. The number of hydrogen-bond donors (Lipinski definition) is 1. The summed E-state index contributed by atoms with van der Waals surface area (Å²) < 4.78 is 44.8. The van der Waals surface area contributed by atoms with Gasteiger partial charge in [-0.15, -0.1) is 13.2 Å². The molecule has 0 aliphatic rings. The Labute approximate surface area is 120 Å². The summed E-state index contributed by atoms with van der Waals surface area (Å²) >= 11 is 0. The first kappa shape index (κ1) is 15.6. The van der Waals surface area contributed by atoms with E-state index in [2.05, 4.69) is 4.74 Å². The van der Waals surface area contributed by atoms with Crippen LogP contribution in [-0.4, -0.2) is 26.1 Å². The van der Waals surface area contributed by atoms with Crippen LogP contribution in [0.4, 0.5) is 13.2 Å². The van der Waals surface area contributed by atoms with Gasteiger partial charge in [0.15, 0.2) is 0 Å². The van der Waals surface area contributed by atoms with Gasteiger partial charge in [0.05, 0.1) is 6.61 Å². The van der Waals surface area contributed by atoms with Gasteiger partial charge in [0.25, 0.3) is 0 Å². The summed E-state index contributed by atoms with van der Waals surface area (Å²) in [5.74, 6) is 0.546. The van der Waals surface area contributed by atoms with Crippen molar-refractivity contribution >= 4 is 10.8 Å². The fourth-order valence-corrected chi connectivity index (χ4v) is 2.16. The molecule has 0 saturated heterocycles. The minimum atomic E-state index is -4.63. The number of alkyl halides is 3. The first-order valence-electron chi connectivity index (χ1n) is 6.55. The van der Waals surface area contributed by atoms with Crippen LogP contribution in [-0.2, 0) is 11.2 Å². The molecule has 0 aliphatic carbocycles. The molecular weight excluding hydrogens is 283 g/mol. The minimum Gasteiger partial charge on any atom is -0.491 e. The number of halogens is 3. The quantitative estimate of drug-likeness (QED) is 0.833. The first-order chi connectivity index (χ1) is 10.0. The topological polar surface area (TPSA) is 44.5 Å². The second-order valence-electron chi connectivity index (χ2n) is 4.44. The molecule has 0 unspecified atom stereocenters. The van der Waals surface area contributed by atoms with Crippen LogP contribution in [0.2, 0.25) is 0 Å². The van der Waals surface area contributed by atoms with E-state index in [4.69, 9.17) is 10.5 Å². The number of ether oxygens (including phenoxy) is 2. The van der Waals surface area contributed by atoms with Crippen molar-refractivity contribution in [3.05, 3.63) is 42.0 Å². The van der Waals surface area contributed by atoms with Crippen molar-refractivity contribution in [2.75, 3.05) is 19.8 Å². The molecule has 0 aliphatic heterocycles. The molecule has 0 heterocycles. The lowest BCUT2D eigenvalue weighted by Gasteiger charge is -2.14. The van der Waals surface area contributed by atoms with E-state index < -0.39 is 13.0 Å². The average Bonchev–Trinajstić information content (AvgIpc) is 2.44. The van der Waals surface area contributed by atoms with Crippen molar-refractivity contribution in [2.45, 2.75) is 12.8 Å². The van der Waals surface area contributed by atoms with E-state index in [9.17, 15) is 13.2 Å². The van der Waals surface area contributed by atoms with Gasteiger partial charge in [-0.25, -0.2) is 0 Å². The molecule has 2 rings (SSSR count). The Hall–Kier alpha value is -1.79. The zero-order valence-corrected chi connectivity index (χ0v) is 11.3. The van der Waals surface area contributed by atoms with E-state index in [-0.39, 0.29) is 6.61 Å². The van der Waals surface area contributed by atoms with Crippen LogP contribution in [0, 0.1) is 0 Å². The first-order valence-corrected chi connectivity index (χ1v) is 6.55. The summed E-state index contributed by atoms with van der Waals surface area (Å²) in [6, 6.07) is 11.4. The number of benzene rings is 2. The van der Waals surface area contributed by atoms with Gasteiger partial charge >= 0.3 is 6.36 Å². The predicted molar refractivity (Wildman–Crippen MR) is 74.2 cm³/mol. The largest absolute Gasteiger partial charge is 0.522 e. The summed E-state index contributed by atoms with van der Waals surface area (Å²) in [6.07, 6.45) is -4.04. The Balaban J connectivity index is 2.13. The molecule has 21 heavy (non-hydrogen) atoms. The molecule has 0 bridgehead atoms. The van der Waals surface area contributed by atoms with Gasteiger partial charge in [0, 0.05) is 5.56 Å². The highest BCUT2D eigenvalue weighted by atomic mass is 19.4. The Bertz CT molecular complexity index is 599. The zero-order valence-electron chi connectivity index (χ0n) is 11.3. The highest BCUT2D eigenvalue weighted by Gasteiger charge is 2.28. The molecule has 114 valence electrons. The van der Waals surface area contributed by atoms with Crippen molar-refractivity contribution in [1.29, 1.82) is 0 Å². The lowest BCUT2D eigenvalue weighted by molar-refractivity contribution is -0.325. The molecule has 2 N–H and O–H groups in total. The maximum absolute atomic E-state index is 11.9. The van der Waals surface area contributed by atoms with Crippen molar-refractivity contribution in [1.82, 2.24) is 0 Å². The second kappa shape index (κ2) is 6.78. The molecule has 0 amide bonds. The highest BCUT2D eigenvalue weighted by molar-refractivity contribution is 5.87. The van der Waals surface area contributed by atoms with Gasteiger partial charge in [-0.3, -0.25) is 4.74 Å². The molecule has 0 atom stereocenters. The van der Waals surface area contributed by atoms with E-state index >= 15 is 0 Å². The van der Waals surface area contributed by atoms with E-state index in [0.29, 0.717) is 18.7 Å². The fraction of sp³-hybridized carbons (Fsp3) is 0.333. The van der Waals surface area contributed by atoms with Gasteiger partial charge in [-0.05, 0) is 29.8 Å². The zero-order chi connectivity index (χ0) is 15.3. The Kier molecular flexibility index (Phi) is 5.03. The Morgan fingerprint density at radius 1 is 1.00 bits per heavy atom. The summed E-state index contributed by atoms with van der Waals surface area (Å²) in [5, 5.41) is 2.04. The summed E-state index contributed by atoms with van der Waals surface area (Å²) in [5.41, 5.74) is 6.51. The normalized spacial score (nSPS) is 11.8. The van der Waals surface area contributed by atoms with Crippen molar-refractivity contribution in [3.8, 4) is 5.75 Å². The predicted octanol–water partition coefficient (Wildman–Crippen LogP) is 3.26. The third-order valence-electron chi connectivity index (χ3n) is 3.00. The van der Waals surface area contributed by atoms with Gasteiger partial charge in [0.2, 0.25) is 0 Å². The smallest absolute Gasteiger partial charge is 0.491 e. The number of rotatable bonds is 6. The lowest BCUT2D eigenvalue weighted by Crippen LogP contribution is -2.18. The molecule has 0 fully saturated rings. The molecule has 0 radical (unpaired) electrons. The molecule has 2 aromatic carbocycles. The van der Waals surface area contributed by atoms with E-state index in [1.54, 1.807) is 6.07 Å². The minimum absolute atomic E-state index is 0.171. The molecule has 6 heteroatoms. The van der Waals surface area contributed by atoms with Gasteiger partial charge in [-0.2, -0.15) is 0 Å². The molecular formula is C15H16F3NO2. The average molecular weight is 299 g/mol. The molecule has 2 aromatic rings. The van der Waals surface area contributed by atoms with Crippen LogP contribution in [0.1, 0.15) is 5.56 Å². The van der Waals surface area contributed by atoms with E-state index in [1.807, 2.05) is 30.3 Å². The Morgan fingerprint density at radius 2 is 1.76 bits per heavy atom. The van der Waals surface area contributed by atoms with Gasteiger partial charge in [-0.1, -0.05) is 30.3 Å². The maximum atomic E-state index is 11.9. The van der Waals surface area contributed by atoms with Crippen molar-refractivity contribution in [3.63, 3.8) is 0 Å². The number of fused-ring (bicyclic) bond motifs is 1. The SMILES string of the molecule is NCCc1c(OCCOC(F)(F)F)ccc2ccccc12. The molecule has 0 spiro atoms. The van der Waals surface area contributed by atoms with Crippen LogP contribution < -0.4 is 10.5 Å². The van der Waals surface area contributed by atoms with E-state index in [0.717, 1.165) is 16.3 Å². The van der Waals surface area contributed by atoms with Crippen LogP contribution in [0.3, 0.4) is 0 Å². The summed E-state index contributed by atoms with van der Waals surface area (Å²) in [7, 11) is 0. The third kappa shape index (κ3) is 4.34. The summed E-state index contributed by atoms with van der Waals surface area (Å²) in [6.45, 7) is -0.281. The highest BCUT2D eigenvalue weighted by Crippen LogP contribution is 2.28. The standard InChI is InChI=1S/C15H16F3NO2/c16-15(17,18)21-10-9-20-14-6-5-11-3-1-2-4-12(11)13(14)7-8-19/h1-6H,7-10,19H2. The second-order valence-corrected chi connectivity index (χ2v) is 4.44. The maximum Gasteiger partial charge on any atom is 0.522 e. The van der Waals surface area contributed by atoms with Gasteiger partial charge < -0.3 is 10.5 Å². The van der Waals surface area contributed by atoms with Crippen LogP contribution >= 0.6 is 0 Å². The van der Waals surface area contributed by atoms with Crippen molar-refractivity contribution in [2.24, 2.45) is 5.73 Å². The van der Waals surface area contributed by atoms with Crippen LogP contribution in [0.5, 0.6) is 5.75 Å². The van der Waals surface area contributed by atoms with Crippen LogP contribution in [0.15, 0.2) is 36.4 Å². The molecule has 0 aromatic heterocycles. The molecule has 3 nitrogen and oxygen atoms in total. The van der Waals surface area contributed by atoms with E-state index in [1.165, 1.54) is 0 Å². The Morgan fingerprint density at radius 3 is 2.48 bits per heavy atom. The third-order valence-corrected chi connectivity index (χ3v) is 3.00. The van der Waals surface area contributed by atoms with Gasteiger partial charge in [0.1, 0.15) is 12.4 Å². The fourth-order valence-electron chi connectivity index (χ4n) is 2.16. The lowest BCUT2D eigenvalue weighted by atomic mass is 10.0.